The van der Waals surface area contributed by atoms with Gasteiger partial charge in [0.2, 0.25) is 0 Å². The maximum absolute atomic E-state index is 15.5. The Hall–Kier alpha value is -1.23. The highest BCUT2D eigenvalue weighted by molar-refractivity contribution is 5.66. The number of fused-ring (bicyclic) bond motifs is 5. The Kier molecular flexibility index (Phi) is 6.85. The van der Waals surface area contributed by atoms with Gasteiger partial charge in [0, 0.05) is 12.3 Å². The number of esters is 1. The van der Waals surface area contributed by atoms with Gasteiger partial charge < -0.3 is 9.84 Å². The average molecular weight is 479 g/mol. The van der Waals surface area contributed by atoms with Crippen LogP contribution in [0.2, 0.25) is 0 Å². The molecular formula is C29H44F2O3. The minimum absolute atomic E-state index is 0.157. The first-order chi connectivity index (χ1) is 15.8. The third-order valence-electron chi connectivity index (χ3n) is 10.1. The van der Waals surface area contributed by atoms with Crippen molar-refractivity contribution in [2.45, 2.75) is 117 Å². The lowest BCUT2D eigenvalue weighted by atomic mass is 9.49. The van der Waals surface area contributed by atoms with Crippen molar-refractivity contribution in [3.63, 3.8) is 0 Å². The van der Waals surface area contributed by atoms with Crippen LogP contribution in [0.1, 0.15) is 92.9 Å². The number of aliphatic hydroxyl groups is 1. The van der Waals surface area contributed by atoms with E-state index in [1.54, 1.807) is 0 Å². The van der Waals surface area contributed by atoms with Crippen LogP contribution in [0.5, 0.6) is 0 Å². The molecule has 192 valence electrons. The Balaban J connectivity index is 1.55. The highest BCUT2D eigenvalue weighted by Gasteiger charge is 2.60. The summed E-state index contributed by atoms with van der Waals surface area (Å²) in [5.41, 5.74) is 1.06. The van der Waals surface area contributed by atoms with Crippen molar-refractivity contribution in [3.05, 3.63) is 23.3 Å². The summed E-state index contributed by atoms with van der Waals surface area (Å²) in [6.45, 7) is 11.8. The number of alkyl halides is 2. The molecular weight excluding hydrogens is 434 g/mol. The molecule has 0 aromatic heterocycles. The molecule has 0 radical (unpaired) electrons. The number of rotatable bonds is 6. The van der Waals surface area contributed by atoms with E-state index in [0.717, 1.165) is 38.5 Å². The fourth-order valence-electron chi connectivity index (χ4n) is 8.40. The van der Waals surface area contributed by atoms with Gasteiger partial charge in [-0.2, -0.15) is 0 Å². The summed E-state index contributed by atoms with van der Waals surface area (Å²) in [4.78, 5) is 11.4. The number of carbonyl (C=O) groups is 1. The molecule has 2 unspecified atom stereocenters. The van der Waals surface area contributed by atoms with E-state index in [1.165, 1.54) is 18.9 Å². The van der Waals surface area contributed by atoms with Gasteiger partial charge >= 0.3 is 5.97 Å². The van der Waals surface area contributed by atoms with Crippen molar-refractivity contribution in [2.24, 2.45) is 34.5 Å². The quantitative estimate of drug-likeness (QED) is 0.423. The fourth-order valence-corrected chi connectivity index (χ4v) is 8.40. The zero-order chi connectivity index (χ0) is 25.1. The summed E-state index contributed by atoms with van der Waals surface area (Å²) >= 11 is 0. The van der Waals surface area contributed by atoms with E-state index in [2.05, 4.69) is 19.9 Å². The SMILES string of the molecule is CC(=O)O[C@H]1C(F)C[C@@]2(C)C(=CC=C3[C@@H]4CC[C@H]([C@H](C)CCCC(C)(C)O)[C@@]4(C)CC[C@@H]32)C1F. The number of ether oxygens (including phenoxy) is 1. The molecule has 0 aromatic rings. The summed E-state index contributed by atoms with van der Waals surface area (Å²) in [5, 5.41) is 10.1. The number of carbonyl (C=O) groups excluding carboxylic acids is 1. The van der Waals surface area contributed by atoms with Crippen molar-refractivity contribution in [1.29, 1.82) is 0 Å². The molecule has 0 spiro atoms. The summed E-state index contributed by atoms with van der Waals surface area (Å²) in [6.07, 6.45) is 7.22. The first-order valence-electron chi connectivity index (χ1n) is 13.4. The predicted octanol–water partition coefficient (Wildman–Crippen LogP) is 6.89. The van der Waals surface area contributed by atoms with Crippen LogP contribution in [0.3, 0.4) is 0 Å². The van der Waals surface area contributed by atoms with E-state index in [1.807, 2.05) is 26.8 Å². The smallest absolute Gasteiger partial charge is 0.303 e. The van der Waals surface area contributed by atoms with Crippen LogP contribution in [-0.2, 0) is 9.53 Å². The van der Waals surface area contributed by atoms with E-state index < -0.39 is 35.4 Å². The van der Waals surface area contributed by atoms with Crippen molar-refractivity contribution in [3.8, 4) is 0 Å². The Labute approximate surface area is 204 Å². The lowest BCUT2D eigenvalue weighted by Crippen LogP contribution is -2.54. The number of halogens is 2. The number of allylic oxidation sites excluding steroid dienone is 3. The fraction of sp³-hybridized carbons (Fsp3) is 0.828. The lowest BCUT2D eigenvalue weighted by Gasteiger charge is -2.56. The topological polar surface area (TPSA) is 46.5 Å². The molecule has 3 nitrogen and oxygen atoms in total. The Morgan fingerprint density at radius 2 is 1.91 bits per heavy atom. The maximum atomic E-state index is 15.5. The molecule has 0 heterocycles. The van der Waals surface area contributed by atoms with Gasteiger partial charge in [0.05, 0.1) is 5.60 Å². The van der Waals surface area contributed by atoms with Crippen molar-refractivity contribution >= 4 is 5.97 Å². The summed E-state index contributed by atoms with van der Waals surface area (Å²) in [7, 11) is 0. The monoisotopic (exact) mass is 478 g/mol. The third kappa shape index (κ3) is 4.40. The van der Waals surface area contributed by atoms with Crippen molar-refractivity contribution in [2.75, 3.05) is 0 Å². The molecule has 0 saturated heterocycles. The molecule has 0 aliphatic heterocycles. The van der Waals surface area contributed by atoms with Gasteiger partial charge in [-0.15, -0.1) is 0 Å². The molecule has 34 heavy (non-hydrogen) atoms. The molecule has 5 heteroatoms. The van der Waals surface area contributed by atoms with E-state index in [9.17, 15) is 9.90 Å². The van der Waals surface area contributed by atoms with Crippen LogP contribution >= 0.6 is 0 Å². The molecule has 4 rings (SSSR count). The first-order valence-corrected chi connectivity index (χ1v) is 13.4. The van der Waals surface area contributed by atoms with Crippen LogP contribution in [0.4, 0.5) is 8.78 Å². The molecule has 9 atom stereocenters. The van der Waals surface area contributed by atoms with E-state index in [0.29, 0.717) is 23.3 Å². The molecule has 4 aliphatic carbocycles. The van der Waals surface area contributed by atoms with Crippen LogP contribution in [-0.4, -0.2) is 35.1 Å². The van der Waals surface area contributed by atoms with Crippen LogP contribution in [0.15, 0.2) is 23.3 Å². The highest BCUT2D eigenvalue weighted by atomic mass is 19.1. The van der Waals surface area contributed by atoms with Gasteiger partial charge in [-0.3, -0.25) is 4.79 Å². The molecule has 0 bridgehead atoms. The second-order valence-electron chi connectivity index (χ2n) is 12.9. The standard InChI is InChI=1S/C29H44F2O3/c1-17(8-7-14-27(3,4)33)20-11-12-21-19-9-10-23-25(31)26(34-18(2)32)24(30)16-29(23,6)22(19)13-15-28(20,21)5/h9-10,17,20-22,24-26,33H,7-8,11-16H2,1-6H3/t17-,20-,21+,22+,24?,25?,26+,28-,29-/m1/s1. The largest absolute Gasteiger partial charge is 0.456 e. The summed E-state index contributed by atoms with van der Waals surface area (Å²) < 4.78 is 35.7. The zero-order valence-corrected chi connectivity index (χ0v) is 21.9. The zero-order valence-electron chi connectivity index (χ0n) is 21.9. The van der Waals surface area contributed by atoms with Gasteiger partial charge in [-0.05, 0) is 87.0 Å². The molecule has 1 N–H and O–H groups in total. The van der Waals surface area contributed by atoms with Crippen LogP contribution in [0.25, 0.3) is 0 Å². The van der Waals surface area contributed by atoms with Gasteiger partial charge in [-0.25, -0.2) is 8.78 Å². The minimum atomic E-state index is -1.59. The van der Waals surface area contributed by atoms with Gasteiger partial charge in [0.15, 0.2) is 12.3 Å². The molecule has 0 amide bonds. The van der Waals surface area contributed by atoms with Crippen molar-refractivity contribution in [1.82, 2.24) is 0 Å². The first kappa shape index (κ1) is 25.9. The molecule has 0 aromatic carbocycles. The van der Waals surface area contributed by atoms with Crippen molar-refractivity contribution < 1.29 is 23.4 Å². The van der Waals surface area contributed by atoms with Gasteiger partial charge in [0.1, 0.15) is 6.17 Å². The van der Waals surface area contributed by atoms with Gasteiger partial charge in [-0.1, -0.05) is 51.3 Å². The normalized spacial score (nSPS) is 42.6. The third-order valence-corrected chi connectivity index (χ3v) is 10.1. The second-order valence-corrected chi connectivity index (χ2v) is 12.9. The number of hydrogen-bond donors (Lipinski definition) is 1. The Morgan fingerprint density at radius 1 is 1.21 bits per heavy atom. The Bertz CT molecular complexity index is 858. The highest BCUT2D eigenvalue weighted by Crippen LogP contribution is 2.66. The van der Waals surface area contributed by atoms with Gasteiger partial charge in [0.25, 0.3) is 0 Å². The average Bonchev–Trinajstić information content (AvgIpc) is 3.07. The lowest BCUT2D eigenvalue weighted by molar-refractivity contribution is -0.158. The predicted molar refractivity (Wildman–Crippen MR) is 131 cm³/mol. The van der Waals surface area contributed by atoms with E-state index in [4.69, 9.17) is 4.74 Å². The maximum Gasteiger partial charge on any atom is 0.303 e. The van der Waals surface area contributed by atoms with Crippen LogP contribution in [0, 0.1) is 34.5 Å². The minimum Gasteiger partial charge on any atom is -0.456 e. The summed E-state index contributed by atoms with van der Waals surface area (Å²) in [6, 6.07) is 0. The van der Waals surface area contributed by atoms with E-state index in [-0.39, 0.29) is 17.8 Å². The number of hydrogen-bond acceptors (Lipinski definition) is 3. The Morgan fingerprint density at radius 3 is 2.56 bits per heavy atom. The molecule has 3 saturated carbocycles. The molecule has 4 aliphatic rings. The molecule has 3 fully saturated rings. The van der Waals surface area contributed by atoms with Crippen LogP contribution < -0.4 is 0 Å². The van der Waals surface area contributed by atoms with E-state index >= 15 is 8.78 Å². The summed E-state index contributed by atoms with van der Waals surface area (Å²) in [5.74, 6) is 1.23. The second kappa shape index (κ2) is 9.01.